The lowest BCUT2D eigenvalue weighted by atomic mass is 10.1. The van der Waals surface area contributed by atoms with Gasteiger partial charge in [0.1, 0.15) is 16.7 Å². The minimum absolute atomic E-state index is 0.0292. The van der Waals surface area contributed by atoms with E-state index in [1.54, 1.807) is 18.2 Å². The van der Waals surface area contributed by atoms with Crippen molar-refractivity contribution in [2.24, 2.45) is 0 Å². The molecule has 0 unspecified atom stereocenters. The molecule has 0 aromatic heterocycles. The van der Waals surface area contributed by atoms with Crippen LogP contribution in [0.4, 0.5) is 0 Å². The number of rotatable bonds is 1. The topological polar surface area (TPSA) is 91.3 Å². The van der Waals surface area contributed by atoms with Crippen LogP contribution in [-0.4, -0.2) is 94.1 Å². The van der Waals surface area contributed by atoms with Crippen molar-refractivity contribution in [3.05, 3.63) is 24.3 Å². The Morgan fingerprint density at radius 2 is 1.96 bits per heavy atom. The Morgan fingerprint density at radius 3 is 2.69 bits per heavy atom. The normalized spacial score (nSPS) is 33.4. The Morgan fingerprint density at radius 1 is 1.19 bits per heavy atom. The largest absolute Gasteiger partial charge is 0.486 e. The molecule has 0 amide bonds. The van der Waals surface area contributed by atoms with Crippen LogP contribution in [0.3, 0.4) is 0 Å². The second-order valence-electron chi connectivity index (χ2n) is 7.26. The van der Waals surface area contributed by atoms with E-state index in [4.69, 9.17) is 9.47 Å². The summed E-state index contributed by atoms with van der Waals surface area (Å²) in [5, 5.41) is 10.3. The molecular weight excluding hydrogens is 358 g/mol. The van der Waals surface area contributed by atoms with Crippen molar-refractivity contribution in [1.29, 1.82) is 0 Å². The monoisotopic (exact) mass is 383 g/mol. The molecule has 0 saturated carbocycles. The summed E-state index contributed by atoms with van der Waals surface area (Å²) >= 11 is 0. The van der Waals surface area contributed by atoms with Crippen LogP contribution in [0.1, 0.15) is 0 Å². The fourth-order valence-electron chi connectivity index (χ4n) is 3.81. The predicted octanol–water partition coefficient (Wildman–Crippen LogP) is -0.898. The number of hydrogen-bond acceptors (Lipinski definition) is 7. The van der Waals surface area contributed by atoms with E-state index in [0.29, 0.717) is 24.9 Å². The summed E-state index contributed by atoms with van der Waals surface area (Å²) < 4.78 is 39.3. The Balaban J connectivity index is 1.67. The number of ether oxygens (including phenoxy) is 2. The third-order valence-corrected chi connectivity index (χ3v) is 6.86. The fourth-order valence-corrected chi connectivity index (χ4v) is 5.01. The average molecular weight is 383 g/mol. The number of likely N-dealkylation sites (tertiary alicyclic amines) is 1. The lowest BCUT2D eigenvalue weighted by Gasteiger charge is -2.34. The summed E-state index contributed by atoms with van der Waals surface area (Å²) in [5.41, 5.74) is 0. The second-order valence-corrected chi connectivity index (χ2v) is 9.00. The van der Waals surface area contributed by atoms with Gasteiger partial charge in [-0.15, -0.1) is 0 Å². The van der Waals surface area contributed by atoms with Gasteiger partial charge in [0.25, 0.3) is 0 Å². The molecule has 3 heterocycles. The van der Waals surface area contributed by atoms with Crippen molar-refractivity contribution in [3.63, 3.8) is 0 Å². The number of aliphatic hydroxyl groups excluding tert-OH is 1. The Hall–Kier alpha value is -1.23. The molecule has 2 saturated heterocycles. The maximum absolute atomic E-state index is 12.6. The van der Waals surface area contributed by atoms with Gasteiger partial charge in [-0.2, -0.15) is 0 Å². The average Bonchev–Trinajstić information content (AvgIpc) is 2.94. The van der Waals surface area contributed by atoms with E-state index in [-0.39, 0.29) is 23.6 Å². The van der Waals surface area contributed by atoms with Gasteiger partial charge in [-0.1, -0.05) is 12.1 Å². The molecular formula is C17H25N3O5S. The Bertz CT molecular complexity index is 755. The van der Waals surface area contributed by atoms with Crippen molar-refractivity contribution < 1.29 is 23.0 Å². The molecule has 2 fully saturated rings. The zero-order chi connectivity index (χ0) is 18.3. The van der Waals surface area contributed by atoms with Crippen LogP contribution >= 0.6 is 0 Å². The summed E-state index contributed by atoms with van der Waals surface area (Å²) in [7, 11) is -1.80. The molecule has 8 nitrogen and oxygen atoms in total. The van der Waals surface area contributed by atoms with Gasteiger partial charge in [0, 0.05) is 26.2 Å². The number of likely N-dealkylation sites (N-methyl/N-ethyl adjacent to an activating group) is 1. The molecule has 26 heavy (non-hydrogen) atoms. The lowest BCUT2D eigenvalue weighted by molar-refractivity contribution is -0.0601. The lowest BCUT2D eigenvalue weighted by Crippen LogP contribution is -2.49. The van der Waals surface area contributed by atoms with Gasteiger partial charge in [-0.25, -0.2) is 13.1 Å². The number of sulfonamides is 1. The van der Waals surface area contributed by atoms with Crippen molar-refractivity contribution in [2.45, 2.75) is 29.2 Å². The standard InChI is InChI=1S/C17H25N3O5S/c1-19-7-13(21)6-18-26(22,23)17-5-3-2-4-15(17)25-16-9-20(8-14(16)19)12-10-24-11-12/h2-5,12-14,16,18,21H,6-11H2,1H3/t13-,14+,16-/m0/s1. The van der Waals surface area contributed by atoms with Crippen LogP contribution in [-0.2, 0) is 14.8 Å². The zero-order valence-corrected chi connectivity index (χ0v) is 15.6. The van der Waals surface area contributed by atoms with E-state index >= 15 is 0 Å². The van der Waals surface area contributed by atoms with E-state index in [0.717, 1.165) is 19.8 Å². The van der Waals surface area contributed by atoms with Crippen LogP contribution in [0.5, 0.6) is 5.75 Å². The molecule has 1 aromatic carbocycles. The van der Waals surface area contributed by atoms with Crippen LogP contribution in [0.15, 0.2) is 29.2 Å². The SMILES string of the molecule is CN1C[C@@H](O)CNS(=O)(=O)c2ccccc2O[C@H]2CN(C3COC3)C[C@H]21. The van der Waals surface area contributed by atoms with Gasteiger partial charge in [0.05, 0.1) is 31.4 Å². The summed E-state index contributed by atoms with van der Waals surface area (Å²) in [5.74, 6) is 0.353. The van der Waals surface area contributed by atoms with Crippen LogP contribution in [0, 0.1) is 0 Å². The summed E-state index contributed by atoms with van der Waals surface area (Å²) in [4.78, 5) is 4.51. The maximum atomic E-state index is 12.6. The van der Waals surface area contributed by atoms with Crippen molar-refractivity contribution in [2.75, 3.05) is 46.4 Å². The van der Waals surface area contributed by atoms with Crippen molar-refractivity contribution in [1.82, 2.24) is 14.5 Å². The molecule has 3 aliphatic heterocycles. The molecule has 0 spiro atoms. The number of fused-ring (bicyclic) bond motifs is 2. The van der Waals surface area contributed by atoms with E-state index < -0.39 is 16.1 Å². The molecule has 0 radical (unpaired) electrons. The molecule has 2 N–H and O–H groups in total. The van der Waals surface area contributed by atoms with Gasteiger partial charge in [-0.3, -0.25) is 9.80 Å². The molecule has 1 aromatic rings. The maximum Gasteiger partial charge on any atom is 0.244 e. The number of benzene rings is 1. The van der Waals surface area contributed by atoms with Gasteiger partial charge in [0.15, 0.2) is 0 Å². The fraction of sp³-hybridized carbons (Fsp3) is 0.647. The van der Waals surface area contributed by atoms with E-state index in [1.807, 2.05) is 7.05 Å². The highest BCUT2D eigenvalue weighted by atomic mass is 32.2. The molecule has 3 aliphatic rings. The molecule has 0 bridgehead atoms. The highest BCUT2D eigenvalue weighted by molar-refractivity contribution is 7.89. The quantitative estimate of drug-likeness (QED) is 0.650. The van der Waals surface area contributed by atoms with Gasteiger partial charge in [0.2, 0.25) is 10.0 Å². The molecule has 9 heteroatoms. The number of hydrogen-bond donors (Lipinski definition) is 2. The molecule has 144 valence electrons. The van der Waals surface area contributed by atoms with Crippen LogP contribution in [0.25, 0.3) is 0 Å². The molecule has 3 atom stereocenters. The van der Waals surface area contributed by atoms with Crippen LogP contribution in [0.2, 0.25) is 0 Å². The number of nitrogens with one attached hydrogen (secondary N) is 1. The van der Waals surface area contributed by atoms with Gasteiger partial charge < -0.3 is 14.6 Å². The first kappa shape index (κ1) is 18.1. The van der Waals surface area contributed by atoms with E-state index in [1.165, 1.54) is 6.07 Å². The Kier molecular flexibility index (Phi) is 4.93. The van der Waals surface area contributed by atoms with Crippen LogP contribution < -0.4 is 9.46 Å². The van der Waals surface area contributed by atoms with Crippen molar-refractivity contribution in [3.8, 4) is 5.75 Å². The number of nitrogens with zero attached hydrogens (tertiary/aromatic N) is 2. The molecule has 4 rings (SSSR count). The van der Waals surface area contributed by atoms with Crippen molar-refractivity contribution >= 4 is 10.0 Å². The van der Waals surface area contributed by atoms with Gasteiger partial charge in [-0.05, 0) is 19.2 Å². The number of β-amino-alcohol motifs (C(OH)–C–C–N with tert-alkyl or cyclic N) is 1. The zero-order valence-electron chi connectivity index (χ0n) is 14.7. The first-order valence-electron chi connectivity index (χ1n) is 8.89. The minimum atomic E-state index is -3.75. The second kappa shape index (κ2) is 7.06. The third kappa shape index (κ3) is 3.47. The Labute approximate surface area is 153 Å². The molecule has 0 aliphatic carbocycles. The smallest absolute Gasteiger partial charge is 0.244 e. The van der Waals surface area contributed by atoms with E-state index in [9.17, 15) is 13.5 Å². The first-order valence-corrected chi connectivity index (χ1v) is 10.4. The third-order valence-electron chi connectivity index (χ3n) is 5.39. The minimum Gasteiger partial charge on any atom is -0.486 e. The summed E-state index contributed by atoms with van der Waals surface area (Å²) in [6, 6.07) is 7.13. The number of aliphatic hydroxyl groups is 1. The summed E-state index contributed by atoms with van der Waals surface area (Å²) in [6.07, 6.45) is -0.968. The van der Waals surface area contributed by atoms with Gasteiger partial charge >= 0.3 is 0 Å². The first-order chi connectivity index (χ1) is 12.4. The highest BCUT2D eigenvalue weighted by Gasteiger charge is 2.42. The number of para-hydroxylation sites is 1. The summed E-state index contributed by atoms with van der Waals surface area (Å²) in [6.45, 7) is 3.31. The predicted molar refractivity (Wildman–Crippen MR) is 94.7 cm³/mol. The highest BCUT2D eigenvalue weighted by Crippen LogP contribution is 2.30. The van der Waals surface area contributed by atoms with E-state index in [2.05, 4.69) is 14.5 Å².